The zero-order chi connectivity index (χ0) is 32.8. The summed E-state index contributed by atoms with van der Waals surface area (Å²) >= 11 is 7.15. The van der Waals surface area contributed by atoms with Crippen LogP contribution in [0, 0.1) is 55.4 Å². The molecule has 1 aliphatic rings. The number of nitrogen functional groups attached to an aromatic ring is 1. The Bertz CT molecular complexity index is 1090. The molecule has 4 aromatic rings. The fourth-order valence-corrected chi connectivity index (χ4v) is 6.07. The molecule has 238 valence electrons. The third-order valence-electron chi connectivity index (χ3n) is 6.16. The van der Waals surface area contributed by atoms with Crippen molar-refractivity contribution < 1.29 is 0 Å². The zero-order valence-corrected chi connectivity index (χ0v) is 32.3. The van der Waals surface area contributed by atoms with Crippen molar-refractivity contribution in [1.29, 1.82) is 0 Å². The molecule has 0 fully saturated rings. The lowest BCUT2D eigenvalue weighted by Gasteiger charge is -2.12. The number of hydrogen-bond donors (Lipinski definition) is 1. The molecule has 4 aromatic heterocycles. The van der Waals surface area contributed by atoms with Crippen LogP contribution < -0.4 is 5.73 Å². The van der Waals surface area contributed by atoms with Crippen LogP contribution >= 0.6 is 45.8 Å². The minimum absolute atomic E-state index is 0.667. The molecule has 0 aromatic carbocycles. The van der Waals surface area contributed by atoms with Gasteiger partial charge >= 0.3 is 0 Å². The Morgan fingerprint density at radius 2 is 1.21 bits per heavy atom. The van der Waals surface area contributed by atoms with Gasteiger partial charge in [-0.1, -0.05) is 33.3 Å². The lowest BCUT2D eigenvalue weighted by molar-refractivity contribution is 0.756. The highest BCUT2D eigenvalue weighted by Crippen LogP contribution is 2.28. The molecule has 0 radical (unpaired) electrons. The van der Waals surface area contributed by atoms with Crippen LogP contribution in [-0.2, 0) is 7.05 Å². The van der Waals surface area contributed by atoms with E-state index in [2.05, 4.69) is 81.4 Å². The molecule has 5 rings (SSSR count). The van der Waals surface area contributed by atoms with E-state index in [1.165, 1.54) is 61.3 Å². The summed E-state index contributed by atoms with van der Waals surface area (Å²) < 4.78 is 1.82. The van der Waals surface area contributed by atoms with Gasteiger partial charge in [-0.15, -0.1) is 45.8 Å². The highest BCUT2D eigenvalue weighted by atomic mass is 32.2. The highest BCUT2D eigenvalue weighted by molar-refractivity contribution is 8.03. The van der Waals surface area contributed by atoms with Crippen LogP contribution in [0.3, 0.4) is 0 Å². The first kappa shape index (κ1) is 42.3. The molecular formula is C34H58N4S4. The third-order valence-corrected chi connectivity index (χ3v) is 10.2. The lowest BCUT2D eigenvalue weighted by atomic mass is 10.2. The van der Waals surface area contributed by atoms with Crippen molar-refractivity contribution in [2.75, 3.05) is 11.5 Å². The van der Waals surface area contributed by atoms with Gasteiger partial charge in [0.1, 0.15) is 0 Å². The summed E-state index contributed by atoms with van der Waals surface area (Å²) in [6, 6.07) is 4.28. The lowest BCUT2D eigenvalue weighted by Crippen LogP contribution is -1.91. The van der Waals surface area contributed by atoms with Crippen molar-refractivity contribution >= 4 is 50.9 Å². The third kappa shape index (κ3) is 18.6. The van der Waals surface area contributed by atoms with E-state index in [4.69, 9.17) is 5.73 Å². The van der Waals surface area contributed by atoms with Crippen LogP contribution in [0.15, 0.2) is 39.6 Å². The number of aryl methyl sites for hydroxylation is 9. The van der Waals surface area contributed by atoms with Gasteiger partial charge in [0, 0.05) is 27.9 Å². The van der Waals surface area contributed by atoms with Crippen molar-refractivity contribution in [2.45, 2.75) is 110 Å². The molecule has 2 N–H and O–H groups in total. The summed E-state index contributed by atoms with van der Waals surface area (Å²) in [7, 11) is 1.93. The van der Waals surface area contributed by atoms with Crippen molar-refractivity contribution in [3.05, 3.63) is 82.3 Å². The maximum atomic E-state index is 5.39. The smallest absolute Gasteiger partial charge is 0.180 e. The first-order chi connectivity index (χ1) is 19.8. The number of rotatable bonds is 0. The standard InChI is InChI=1S/C7H12S.C6H10N2.2C6H8S.C5H8N2S.2C2H6/c1-6-4-3-5-8-7(6)2;1-5-4-8(3)7-6(5)2;2*1-5-3-4-7-6(5)2;1-3-4(2)8-5(6)7-3;2*1-2/h3-5H2,1-2H3;4H,1-3H3;2*3-4H,1-2H3;1-2H3,(H2,6,7);2*1-2H3. The predicted molar refractivity (Wildman–Crippen MR) is 199 cm³/mol. The fraction of sp³-hybridized carbons (Fsp3) is 0.529. The van der Waals surface area contributed by atoms with Gasteiger partial charge in [0.2, 0.25) is 0 Å². The number of nitrogens with two attached hydrogens (primary N) is 1. The number of hydrogen-bond acceptors (Lipinski definition) is 7. The molecule has 1 aliphatic heterocycles. The Morgan fingerprint density at radius 1 is 0.714 bits per heavy atom. The van der Waals surface area contributed by atoms with Gasteiger partial charge < -0.3 is 5.73 Å². The number of allylic oxidation sites excluding steroid dienone is 2. The summed E-state index contributed by atoms with van der Waals surface area (Å²) in [5.74, 6) is 1.34. The van der Waals surface area contributed by atoms with Crippen LogP contribution in [0.4, 0.5) is 5.13 Å². The first-order valence-electron chi connectivity index (χ1n) is 14.8. The molecule has 8 heteroatoms. The van der Waals surface area contributed by atoms with Crippen molar-refractivity contribution in [3.8, 4) is 0 Å². The van der Waals surface area contributed by atoms with Crippen LogP contribution in [0.25, 0.3) is 0 Å². The van der Waals surface area contributed by atoms with E-state index in [0.717, 1.165) is 11.4 Å². The van der Waals surface area contributed by atoms with Gasteiger partial charge in [-0.2, -0.15) is 5.10 Å². The van der Waals surface area contributed by atoms with Gasteiger partial charge in [-0.25, -0.2) is 4.98 Å². The molecule has 0 bridgehead atoms. The van der Waals surface area contributed by atoms with Crippen molar-refractivity contribution in [2.24, 2.45) is 7.05 Å². The second kappa shape index (κ2) is 24.6. The van der Waals surface area contributed by atoms with Crippen LogP contribution in [0.1, 0.15) is 97.1 Å². The van der Waals surface area contributed by atoms with E-state index in [1.807, 2.05) is 78.2 Å². The SMILES string of the molecule is CC.CC.CC1=C(C)SCCC1.Cc1ccsc1C.Cc1ccsc1C.Cc1cn(C)nc1C.Cc1nc(N)sc1C. The minimum atomic E-state index is 0.667. The van der Waals surface area contributed by atoms with Crippen LogP contribution in [-0.4, -0.2) is 20.5 Å². The highest BCUT2D eigenvalue weighted by Gasteiger charge is 2.03. The summed E-state index contributed by atoms with van der Waals surface area (Å²) in [6.45, 7) is 29.0. The number of thiophene rings is 2. The Labute approximate surface area is 274 Å². The molecule has 0 unspecified atom stereocenters. The van der Waals surface area contributed by atoms with E-state index in [0.29, 0.717) is 5.13 Å². The minimum Gasteiger partial charge on any atom is -0.375 e. The monoisotopic (exact) mass is 650 g/mol. The molecule has 4 nitrogen and oxygen atoms in total. The number of nitrogens with zero attached hydrogens (tertiary/aromatic N) is 3. The average Bonchev–Trinajstić information content (AvgIpc) is 3.69. The molecule has 0 spiro atoms. The second-order valence-electron chi connectivity index (χ2n) is 9.37. The Hall–Kier alpha value is -1.87. The quantitative estimate of drug-likeness (QED) is 0.206. The number of thioether (sulfide) groups is 1. The molecule has 0 atom stereocenters. The van der Waals surface area contributed by atoms with E-state index >= 15 is 0 Å². The van der Waals surface area contributed by atoms with E-state index < -0.39 is 0 Å². The summed E-state index contributed by atoms with van der Waals surface area (Å²) in [4.78, 5) is 9.63. The van der Waals surface area contributed by atoms with Gasteiger partial charge in [-0.3, -0.25) is 4.68 Å². The average molecular weight is 651 g/mol. The van der Waals surface area contributed by atoms with Crippen molar-refractivity contribution in [3.63, 3.8) is 0 Å². The molecular weight excluding hydrogens is 593 g/mol. The number of anilines is 1. The molecule has 0 aliphatic carbocycles. The van der Waals surface area contributed by atoms with E-state index in [9.17, 15) is 0 Å². The number of aromatic nitrogens is 3. The van der Waals surface area contributed by atoms with Gasteiger partial charge in [0.25, 0.3) is 0 Å². The maximum absolute atomic E-state index is 5.39. The predicted octanol–water partition coefficient (Wildman–Crippen LogP) is 12.0. The Morgan fingerprint density at radius 3 is 1.36 bits per heavy atom. The molecule has 5 heterocycles. The zero-order valence-electron chi connectivity index (χ0n) is 29.1. The van der Waals surface area contributed by atoms with Gasteiger partial charge in [0.05, 0.1) is 11.4 Å². The maximum Gasteiger partial charge on any atom is 0.180 e. The fourth-order valence-electron chi connectivity index (χ4n) is 2.97. The largest absolute Gasteiger partial charge is 0.375 e. The Kier molecular flexibility index (Phi) is 24.7. The summed E-state index contributed by atoms with van der Waals surface area (Å²) in [5.41, 5.74) is 13.2. The number of thiazole rings is 1. The van der Waals surface area contributed by atoms with Crippen molar-refractivity contribution in [1.82, 2.24) is 14.8 Å². The molecule has 0 amide bonds. The second-order valence-corrected chi connectivity index (χ2v) is 14.2. The summed E-state index contributed by atoms with van der Waals surface area (Å²) in [5, 5.41) is 9.03. The molecule has 0 saturated heterocycles. The topological polar surface area (TPSA) is 56.7 Å². The summed E-state index contributed by atoms with van der Waals surface area (Å²) in [6.07, 6.45) is 4.72. The molecule has 42 heavy (non-hydrogen) atoms. The van der Waals surface area contributed by atoms with Gasteiger partial charge in [0.15, 0.2) is 5.13 Å². The first-order valence-corrected chi connectivity index (χ1v) is 18.3. The van der Waals surface area contributed by atoms with E-state index in [1.54, 1.807) is 33.2 Å². The molecule has 0 saturated carbocycles. The van der Waals surface area contributed by atoms with Crippen LogP contribution in [0.2, 0.25) is 0 Å². The van der Waals surface area contributed by atoms with Crippen LogP contribution in [0.5, 0.6) is 0 Å². The normalized spacial score (nSPS) is 11.3. The van der Waals surface area contributed by atoms with Gasteiger partial charge in [-0.05, 0) is 132 Å². The Balaban J connectivity index is 0. The van der Waals surface area contributed by atoms with E-state index in [-0.39, 0.29) is 0 Å².